The van der Waals surface area contributed by atoms with Crippen LogP contribution in [0.15, 0.2) is 22.7 Å². The fourth-order valence-corrected chi connectivity index (χ4v) is 2.09. The molecule has 2 N–H and O–H groups in total. The SMILES string of the molecule is CC(C)(C)c1cc(Cc2noc(C(F)(F)F)n2)ccc1OC(N)=O. The predicted molar refractivity (Wildman–Crippen MR) is 77.5 cm³/mol. The van der Waals surface area contributed by atoms with Crippen molar-refractivity contribution in [3.05, 3.63) is 41.0 Å². The third kappa shape index (κ3) is 4.24. The molecule has 130 valence electrons. The second kappa shape index (κ2) is 6.14. The molecule has 0 bridgehead atoms. The number of nitrogens with zero attached hydrogens (tertiary/aromatic N) is 2. The van der Waals surface area contributed by atoms with Crippen molar-refractivity contribution in [1.82, 2.24) is 10.1 Å². The normalized spacial score (nSPS) is 12.2. The molecule has 9 heteroatoms. The standard InChI is InChI=1S/C15H16F3N3O3/c1-14(2,3)9-6-8(4-5-10(9)23-13(19)22)7-11-20-12(24-21-11)15(16,17)18/h4-6H,7H2,1-3H3,(H2,19,22). The van der Waals surface area contributed by atoms with E-state index in [-0.39, 0.29) is 17.7 Å². The summed E-state index contributed by atoms with van der Waals surface area (Å²) in [6, 6.07) is 4.84. The highest BCUT2D eigenvalue weighted by Gasteiger charge is 2.38. The average molecular weight is 343 g/mol. The van der Waals surface area contributed by atoms with Crippen molar-refractivity contribution < 1.29 is 27.2 Å². The van der Waals surface area contributed by atoms with Gasteiger partial charge in [-0.15, -0.1) is 0 Å². The number of halogens is 3. The van der Waals surface area contributed by atoms with E-state index in [1.54, 1.807) is 12.1 Å². The Balaban J connectivity index is 2.31. The van der Waals surface area contributed by atoms with E-state index in [4.69, 9.17) is 10.5 Å². The van der Waals surface area contributed by atoms with Crippen LogP contribution in [0.4, 0.5) is 18.0 Å². The van der Waals surface area contributed by atoms with E-state index in [0.717, 1.165) is 0 Å². The maximum Gasteiger partial charge on any atom is 0.471 e. The van der Waals surface area contributed by atoms with E-state index in [1.165, 1.54) is 6.07 Å². The minimum Gasteiger partial charge on any atom is -0.410 e. The van der Waals surface area contributed by atoms with Crippen molar-refractivity contribution in [3.8, 4) is 5.75 Å². The molecular formula is C15H16F3N3O3. The van der Waals surface area contributed by atoms with Crippen molar-refractivity contribution in [1.29, 1.82) is 0 Å². The summed E-state index contributed by atoms with van der Waals surface area (Å²) in [5, 5.41) is 3.33. The Kier molecular flexibility index (Phi) is 4.54. The lowest BCUT2D eigenvalue weighted by Gasteiger charge is -2.22. The predicted octanol–water partition coefficient (Wildman–Crippen LogP) is 3.43. The maximum atomic E-state index is 12.5. The molecule has 0 saturated heterocycles. The van der Waals surface area contributed by atoms with Crippen LogP contribution in [0, 0.1) is 0 Å². The van der Waals surface area contributed by atoms with Crippen LogP contribution in [0.5, 0.6) is 5.75 Å². The summed E-state index contributed by atoms with van der Waals surface area (Å²) in [6.45, 7) is 5.70. The molecule has 0 aliphatic carbocycles. The van der Waals surface area contributed by atoms with Crippen LogP contribution in [-0.4, -0.2) is 16.2 Å². The molecule has 0 radical (unpaired) electrons. The molecule has 0 fully saturated rings. The maximum absolute atomic E-state index is 12.5. The quantitative estimate of drug-likeness (QED) is 0.922. The summed E-state index contributed by atoms with van der Waals surface area (Å²) in [4.78, 5) is 14.3. The number of primary amides is 1. The zero-order valence-corrected chi connectivity index (χ0v) is 13.3. The van der Waals surface area contributed by atoms with Crippen molar-refractivity contribution >= 4 is 6.09 Å². The van der Waals surface area contributed by atoms with Crippen molar-refractivity contribution in [2.45, 2.75) is 38.8 Å². The number of carbonyl (C=O) groups is 1. The van der Waals surface area contributed by atoms with Crippen LogP contribution in [-0.2, 0) is 18.0 Å². The Morgan fingerprint density at radius 3 is 2.46 bits per heavy atom. The number of amides is 1. The molecule has 0 unspecified atom stereocenters. The molecule has 0 aliphatic rings. The zero-order valence-electron chi connectivity index (χ0n) is 13.3. The van der Waals surface area contributed by atoms with Gasteiger partial charge in [-0.05, 0) is 17.0 Å². The first-order valence-electron chi connectivity index (χ1n) is 6.97. The Labute approximate surface area is 135 Å². The van der Waals surface area contributed by atoms with E-state index < -0.39 is 18.2 Å². The third-order valence-corrected chi connectivity index (χ3v) is 3.14. The molecule has 1 heterocycles. The van der Waals surface area contributed by atoms with Crippen molar-refractivity contribution in [2.75, 3.05) is 0 Å². The number of hydrogen-bond acceptors (Lipinski definition) is 5. The first-order valence-corrected chi connectivity index (χ1v) is 6.97. The fourth-order valence-electron chi connectivity index (χ4n) is 2.09. The van der Waals surface area contributed by atoms with Crippen LogP contribution in [0.25, 0.3) is 0 Å². The number of ether oxygens (including phenoxy) is 1. The first-order chi connectivity index (χ1) is 11.0. The topological polar surface area (TPSA) is 91.2 Å². The van der Waals surface area contributed by atoms with Gasteiger partial charge in [-0.1, -0.05) is 38.1 Å². The molecule has 24 heavy (non-hydrogen) atoms. The highest BCUT2D eigenvalue weighted by atomic mass is 19.4. The number of rotatable bonds is 3. The molecule has 0 aliphatic heterocycles. The van der Waals surface area contributed by atoms with Crippen molar-refractivity contribution in [3.63, 3.8) is 0 Å². The van der Waals surface area contributed by atoms with Gasteiger partial charge in [0.15, 0.2) is 5.82 Å². The molecule has 0 saturated carbocycles. The summed E-state index contributed by atoms with van der Waals surface area (Å²) in [7, 11) is 0. The second-order valence-electron chi connectivity index (χ2n) is 6.19. The van der Waals surface area contributed by atoms with Crippen LogP contribution in [0.2, 0.25) is 0 Å². The summed E-state index contributed by atoms with van der Waals surface area (Å²) in [5.74, 6) is -1.18. The van der Waals surface area contributed by atoms with Crippen LogP contribution >= 0.6 is 0 Å². The summed E-state index contributed by atoms with van der Waals surface area (Å²) < 4.78 is 46.6. The molecule has 2 rings (SSSR count). The molecule has 0 spiro atoms. The summed E-state index contributed by atoms with van der Waals surface area (Å²) in [5.41, 5.74) is 5.99. The van der Waals surface area contributed by atoms with E-state index in [0.29, 0.717) is 16.9 Å². The van der Waals surface area contributed by atoms with Gasteiger partial charge in [0, 0.05) is 12.0 Å². The molecule has 1 aromatic carbocycles. The number of hydrogen-bond donors (Lipinski definition) is 1. The van der Waals surface area contributed by atoms with Gasteiger partial charge in [0.1, 0.15) is 5.75 Å². The van der Waals surface area contributed by atoms with Crippen LogP contribution < -0.4 is 10.5 Å². The van der Waals surface area contributed by atoms with Gasteiger partial charge in [0.2, 0.25) is 0 Å². The lowest BCUT2D eigenvalue weighted by atomic mass is 9.85. The average Bonchev–Trinajstić information content (AvgIpc) is 2.87. The van der Waals surface area contributed by atoms with E-state index in [9.17, 15) is 18.0 Å². The largest absolute Gasteiger partial charge is 0.471 e. The monoisotopic (exact) mass is 343 g/mol. The van der Waals surface area contributed by atoms with Gasteiger partial charge in [-0.3, -0.25) is 0 Å². The van der Waals surface area contributed by atoms with E-state index >= 15 is 0 Å². The van der Waals surface area contributed by atoms with Gasteiger partial charge in [0.05, 0.1) is 0 Å². The molecule has 0 atom stereocenters. The van der Waals surface area contributed by atoms with Gasteiger partial charge in [-0.25, -0.2) is 4.79 Å². The van der Waals surface area contributed by atoms with Crippen LogP contribution in [0.3, 0.4) is 0 Å². The number of benzene rings is 1. The number of aromatic nitrogens is 2. The van der Waals surface area contributed by atoms with Gasteiger partial charge >= 0.3 is 18.2 Å². The van der Waals surface area contributed by atoms with Crippen LogP contribution in [0.1, 0.15) is 43.6 Å². The van der Waals surface area contributed by atoms with E-state index in [1.807, 2.05) is 20.8 Å². The van der Waals surface area contributed by atoms with E-state index in [2.05, 4.69) is 14.7 Å². The summed E-state index contributed by atoms with van der Waals surface area (Å²) in [6.07, 6.45) is -5.58. The highest BCUT2D eigenvalue weighted by molar-refractivity contribution is 5.69. The Bertz CT molecular complexity index is 748. The van der Waals surface area contributed by atoms with Crippen molar-refractivity contribution in [2.24, 2.45) is 5.73 Å². The number of nitrogens with two attached hydrogens (primary N) is 1. The smallest absolute Gasteiger partial charge is 0.410 e. The minimum atomic E-state index is -4.68. The summed E-state index contributed by atoms with van der Waals surface area (Å²) >= 11 is 0. The molecular weight excluding hydrogens is 327 g/mol. The lowest BCUT2D eigenvalue weighted by molar-refractivity contribution is -0.159. The van der Waals surface area contributed by atoms with Gasteiger partial charge in [0.25, 0.3) is 0 Å². The number of alkyl halides is 3. The molecule has 6 nitrogen and oxygen atoms in total. The fraction of sp³-hybridized carbons (Fsp3) is 0.400. The molecule has 1 aromatic heterocycles. The second-order valence-corrected chi connectivity index (χ2v) is 6.19. The minimum absolute atomic E-state index is 0.0412. The third-order valence-electron chi connectivity index (χ3n) is 3.14. The Morgan fingerprint density at radius 2 is 1.96 bits per heavy atom. The Morgan fingerprint density at radius 1 is 1.29 bits per heavy atom. The van der Waals surface area contributed by atoms with Gasteiger partial charge in [-0.2, -0.15) is 18.2 Å². The first kappa shape index (κ1) is 17.8. The highest BCUT2D eigenvalue weighted by Crippen LogP contribution is 2.33. The van der Waals surface area contributed by atoms with Gasteiger partial charge < -0.3 is 15.0 Å². The molecule has 1 amide bonds. The molecule has 2 aromatic rings. The Hall–Kier alpha value is -2.58. The lowest BCUT2D eigenvalue weighted by Crippen LogP contribution is -2.20. The zero-order chi connectivity index (χ0) is 18.1. The number of carbonyl (C=O) groups excluding carboxylic acids is 1.